The van der Waals surface area contributed by atoms with Gasteiger partial charge in [0.15, 0.2) is 0 Å². The molecule has 0 saturated carbocycles. The number of anilines is 1. The van der Waals surface area contributed by atoms with Crippen molar-refractivity contribution < 1.29 is 0 Å². The molecule has 0 aliphatic heterocycles. The van der Waals surface area contributed by atoms with E-state index < -0.39 is 0 Å². The molecule has 0 fully saturated rings. The molecule has 4 nitrogen and oxygen atoms in total. The number of hydrogen-bond acceptors (Lipinski definition) is 3. The Morgan fingerprint density at radius 1 is 1.33 bits per heavy atom. The average molecular weight is 164 g/mol. The van der Waals surface area contributed by atoms with Crippen molar-refractivity contribution in [2.45, 2.75) is 0 Å². The molecule has 0 aliphatic rings. The van der Waals surface area contributed by atoms with Crippen LogP contribution in [0.3, 0.4) is 0 Å². The Morgan fingerprint density at radius 2 is 2.08 bits per heavy atom. The maximum Gasteiger partial charge on any atom is 0.0791 e. The van der Waals surface area contributed by atoms with Crippen molar-refractivity contribution >= 4 is 12.0 Å². The number of aromatic nitrogens is 1. The van der Waals surface area contributed by atoms with E-state index in [9.17, 15) is 0 Å². The highest BCUT2D eigenvalue weighted by molar-refractivity contribution is 5.49. The van der Waals surface area contributed by atoms with E-state index in [-0.39, 0.29) is 0 Å². The van der Waals surface area contributed by atoms with E-state index >= 15 is 0 Å². The largest absolute Gasteiger partial charge is 0.383 e. The van der Waals surface area contributed by atoms with Crippen LogP contribution in [0.4, 0.5) is 5.69 Å². The second-order valence-electron chi connectivity index (χ2n) is 2.26. The second kappa shape index (κ2) is 5.12. The lowest BCUT2D eigenvalue weighted by Crippen LogP contribution is -2.20. The lowest BCUT2D eigenvalue weighted by Gasteiger charge is -2.04. The van der Waals surface area contributed by atoms with E-state index in [1.165, 1.54) is 6.34 Å². The van der Waals surface area contributed by atoms with Crippen molar-refractivity contribution in [3.8, 4) is 0 Å². The van der Waals surface area contributed by atoms with Gasteiger partial charge >= 0.3 is 0 Å². The first kappa shape index (κ1) is 8.52. The third-order valence-corrected chi connectivity index (χ3v) is 1.38. The first-order chi connectivity index (χ1) is 5.93. The van der Waals surface area contributed by atoms with Crippen molar-refractivity contribution in [2.24, 2.45) is 0 Å². The summed E-state index contributed by atoms with van der Waals surface area (Å²) in [6, 6.07) is 3.81. The van der Waals surface area contributed by atoms with Crippen molar-refractivity contribution in [1.82, 2.24) is 10.3 Å². The number of pyridine rings is 1. The lowest BCUT2D eigenvalue weighted by molar-refractivity contribution is 0.917. The molecule has 64 valence electrons. The van der Waals surface area contributed by atoms with Gasteiger partial charge in [0, 0.05) is 31.2 Å². The number of hydrogen-bond donors (Lipinski definition) is 3. The van der Waals surface area contributed by atoms with E-state index in [0.29, 0.717) is 0 Å². The maximum absolute atomic E-state index is 6.71. The lowest BCUT2D eigenvalue weighted by atomic mass is 10.4. The van der Waals surface area contributed by atoms with Crippen LogP contribution in [0.1, 0.15) is 0 Å². The normalized spacial score (nSPS) is 9.00. The fourth-order valence-corrected chi connectivity index (χ4v) is 0.821. The summed E-state index contributed by atoms with van der Waals surface area (Å²) in [6.07, 6.45) is 4.67. The molecule has 0 radical (unpaired) electrons. The number of rotatable bonds is 5. The summed E-state index contributed by atoms with van der Waals surface area (Å²) in [4.78, 5) is 3.90. The second-order valence-corrected chi connectivity index (χ2v) is 2.26. The van der Waals surface area contributed by atoms with Crippen molar-refractivity contribution in [3.63, 3.8) is 0 Å². The standard InChI is InChI=1S/C8H12N4/c9-7-11-5-6-12-8-1-3-10-4-2-8/h1-4,7H,5-6H2,(H2,9,11)(H,10,12). The predicted octanol–water partition coefficient (Wildman–Crippen LogP) is 0.690. The van der Waals surface area contributed by atoms with E-state index in [1.807, 2.05) is 12.1 Å². The van der Waals surface area contributed by atoms with Crippen molar-refractivity contribution in [3.05, 3.63) is 24.5 Å². The van der Waals surface area contributed by atoms with Gasteiger partial charge in [0.1, 0.15) is 0 Å². The summed E-state index contributed by atoms with van der Waals surface area (Å²) >= 11 is 0. The molecular formula is C8H12N4. The van der Waals surface area contributed by atoms with Crippen molar-refractivity contribution in [1.29, 1.82) is 5.41 Å². The monoisotopic (exact) mass is 164 g/mol. The van der Waals surface area contributed by atoms with Crippen LogP contribution in [0.25, 0.3) is 0 Å². The molecule has 3 N–H and O–H groups in total. The van der Waals surface area contributed by atoms with Crippen LogP contribution in [0.5, 0.6) is 0 Å². The zero-order valence-corrected chi connectivity index (χ0v) is 6.75. The zero-order valence-electron chi connectivity index (χ0n) is 6.75. The van der Waals surface area contributed by atoms with Gasteiger partial charge in [-0.25, -0.2) is 0 Å². The molecule has 0 amide bonds. The van der Waals surface area contributed by atoms with Crippen LogP contribution in [-0.4, -0.2) is 24.4 Å². The van der Waals surface area contributed by atoms with E-state index in [2.05, 4.69) is 15.6 Å². The van der Waals surface area contributed by atoms with Crippen molar-refractivity contribution in [2.75, 3.05) is 18.4 Å². The fourth-order valence-electron chi connectivity index (χ4n) is 0.821. The molecule has 12 heavy (non-hydrogen) atoms. The molecule has 1 heterocycles. The van der Waals surface area contributed by atoms with Crippen LogP contribution in [0.15, 0.2) is 24.5 Å². The summed E-state index contributed by atoms with van der Waals surface area (Å²) in [5.74, 6) is 0. The van der Waals surface area contributed by atoms with Gasteiger partial charge in [-0.3, -0.25) is 10.4 Å². The van der Waals surface area contributed by atoms with Gasteiger partial charge in [-0.1, -0.05) is 0 Å². The van der Waals surface area contributed by atoms with Crippen LogP contribution in [0.2, 0.25) is 0 Å². The number of nitrogens with one attached hydrogen (secondary N) is 3. The zero-order chi connectivity index (χ0) is 8.65. The summed E-state index contributed by atoms with van der Waals surface area (Å²) < 4.78 is 0. The van der Waals surface area contributed by atoms with Crippen LogP contribution < -0.4 is 10.6 Å². The average Bonchev–Trinajstić information content (AvgIpc) is 2.14. The molecular weight excluding hydrogens is 152 g/mol. The summed E-state index contributed by atoms with van der Waals surface area (Å²) in [5, 5.41) is 12.7. The van der Waals surface area contributed by atoms with E-state index in [4.69, 9.17) is 5.41 Å². The molecule has 4 heteroatoms. The molecule has 1 aromatic heterocycles. The van der Waals surface area contributed by atoms with Gasteiger partial charge in [0.25, 0.3) is 0 Å². The molecule has 0 aromatic carbocycles. The predicted molar refractivity (Wildman–Crippen MR) is 49.5 cm³/mol. The van der Waals surface area contributed by atoms with Gasteiger partial charge in [0.2, 0.25) is 0 Å². The van der Waals surface area contributed by atoms with Crippen LogP contribution in [0, 0.1) is 5.41 Å². The Bertz CT molecular complexity index is 222. The molecule has 0 aliphatic carbocycles. The summed E-state index contributed by atoms with van der Waals surface area (Å²) in [7, 11) is 0. The van der Waals surface area contributed by atoms with Crippen LogP contribution >= 0.6 is 0 Å². The smallest absolute Gasteiger partial charge is 0.0791 e. The van der Waals surface area contributed by atoms with Gasteiger partial charge in [-0.05, 0) is 12.1 Å². The minimum atomic E-state index is 0.756. The molecule has 0 atom stereocenters. The fraction of sp³-hybridized carbons (Fsp3) is 0.250. The molecule has 1 rings (SSSR count). The first-order valence-electron chi connectivity index (χ1n) is 3.79. The topological polar surface area (TPSA) is 60.8 Å². The van der Waals surface area contributed by atoms with E-state index in [1.54, 1.807) is 12.4 Å². The first-order valence-corrected chi connectivity index (χ1v) is 3.79. The quantitative estimate of drug-likeness (QED) is 0.341. The highest BCUT2D eigenvalue weighted by Crippen LogP contribution is 2.00. The minimum Gasteiger partial charge on any atom is -0.383 e. The Kier molecular flexibility index (Phi) is 3.63. The molecule has 0 spiro atoms. The molecule has 0 saturated heterocycles. The van der Waals surface area contributed by atoms with Gasteiger partial charge in [0.05, 0.1) is 6.34 Å². The Morgan fingerprint density at radius 3 is 2.75 bits per heavy atom. The third kappa shape index (κ3) is 3.01. The Labute approximate surface area is 71.5 Å². The molecule has 0 unspecified atom stereocenters. The maximum atomic E-state index is 6.71. The number of nitrogens with zero attached hydrogens (tertiary/aromatic N) is 1. The SMILES string of the molecule is N=CNCCNc1ccncc1. The van der Waals surface area contributed by atoms with Gasteiger partial charge in [-0.2, -0.15) is 0 Å². The highest BCUT2D eigenvalue weighted by atomic mass is 14.9. The summed E-state index contributed by atoms with van der Waals surface area (Å²) in [6.45, 7) is 1.56. The minimum absolute atomic E-state index is 0.756. The van der Waals surface area contributed by atoms with Gasteiger partial charge < -0.3 is 10.6 Å². The van der Waals surface area contributed by atoms with E-state index in [0.717, 1.165) is 18.8 Å². The summed E-state index contributed by atoms with van der Waals surface area (Å²) in [5.41, 5.74) is 1.05. The van der Waals surface area contributed by atoms with Gasteiger partial charge in [-0.15, -0.1) is 0 Å². The Hall–Kier alpha value is -1.58. The molecule has 0 bridgehead atoms. The third-order valence-electron chi connectivity index (χ3n) is 1.38. The van der Waals surface area contributed by atoms with Crippen LogP contribution in [-0.2, 0) is 0 Å². The molecule has 1 aromatic rings. The highest BCUT2D eigenvalue weighted by Gasteiger charge is 1.86. The Balaban J connectivity index is 2.20.